The van der Waals surface area contributed by atoms with Gasteiger partial charge in [-0.25, -0.2) is 4.39 Å². The second kappa shape index (κ2) is 15.9. The molecule has 0 saturated carbocycles. The van der Waals surface area contributed by atoms with Crippen LogP contribution in [0.3, 0.4) is 0 Å². The van der Waals surface area contributed by atoms with Crippen LogP contribution in [0.1, 0.15) is 25.3 Å². The van der Waals surface area contributed by atoms with Crippen molar-refractivity contribution in [2.75, 3.05) is 52.4 Å². The van der Waals surface area contributed by atoms with Crippen LogP contribution in [-0.2, 0) is 16.0 Å². The van der Waals surface area contributed by atoms with E-state index in [-0.39, 0.29) is 18.0 Å². The van der Waals surface area contributed by atoms with Crippen molar-refractivity contribution in [3.63, 3.8) is 0 Å². The maximum atomic E-state index is 15.1. The highest BCUT2D eigenvalue weighted by Gasteiger charge is 2.19. The lowest BCUT2D eigenvalue weighted by atomic mass is 9.99. The van der Waals surface area contributed by atoms with E-state index >= 15 is 4.39 Å². The van der Waals surface area contributed by atoms with Crippen molar-refractivity contribution in [2.45, 2.75) is 26.2 Å². The summed E-state index contributed by atoms with van der Waals surface area (Å²) in [5.74, 6) is 0.553. The molecule has 0 aliphatic carbocycles. The number of carbonyl (C=O) groups is 2. The molecule has 1 saturated heterocycles. The summed E-state index contributed by atoms with van der Waals surface area (Å²) in [7, 11) is 3.11. The van der Waals surface area contributed by atoms with E-state index < -0.39 is 17.6 Å². The first-order valence-corrected chi connectivity index (χ1v) is 15.5. The van der Waals surface area contributed by atoms with Gasteiger partial charge in [-0.3, -0.25) is 14.6 Å². The Morgan fingerprint density at radius 3 is 2.38 bits per heavy atom. The van der Waals surface area contributed by atoms with E-state index in [1.54, 1.807) is 44.7 Å². The lowest BCUT2D eigenvalue weighted by molar-refractivity contribution is -0.136. The molecule has 2 heterocycles. The highest BCUT2D eigenvalue weighted by atomic mass is 19.1. The fourth-order valence-electron chi connectivity index (χ4n) is 5.26. The molecule has 12 heteroatoms. The molecule has 0 radical (unpaired) electrons. The third-order valence-electron chi connectivity index (χ3n) is 7.76. The van der Waals surface area contributed by atoms with E-state index in [1.165, 1.54) is 12.1 Å². The van der Waals surface area contributed by atoms with Gasteiger partial charge in [0.05, 0.1) is 33.0 Å². The number of pyridine rings is 1. The Hall–Kier alpha value is -5.10. The van der Waals surface area contributed by atoms with Crippen LogP contribution in [0.2, 0.25) is 0 Å². The van der Waals surface area contributed by atoms with Crippen molar-refractivity contribution >= 4 is 28.4 Å². The third-order valence-corrected chi connectivity index (χ3v) is 7.76. The quantitative estimate of drug-likeness (QED) is 0.167. The van der Waals surface area contributed by atoms with Crippen LogP contribution in [0.5, 0.6) is 34.5 Å². The van der Waals surface area contributed by atoms with Crippen molar-refractivity contribution < 1.29 is 37.7 Å². The van der Waals surface area contributed by atoms with E-state index in [2.05, 4.69) is 20.9 Å². The zero-order chi connectivity index (χ0) is 33.2. The minimum atomic E-state index is -0.923. The first kappa shape index (κ1) is 33.3. The number of methoxy groups -OCH3 is 2. The molecule has 47 heavy (non-hydrogen) atoms. The van der Waals surface area contributed by atoms with Gasteiger partial charge >= 0.3 is 11.8 Å². The van der Waals surface area contributed by atoms with Crippen LogP contribution in [0, 0.1) is 11.7 Å². The largest absolute Gasteiger partial charge is 0.493 e. The molecular formula is C35H39FN4O7. The summed E-state index contributed by atoms with van der Waals surface area (Å²) in [6.45, 7) is 5.14. The molecule has 1 aliphatic rings. The number of ether oxygens (including phenoxy) is 5. The van der Waals surface area contributed by atoms with Gasteiger partial charge < -0.3 is 39.6 Å². The second-order valence-corrected chi connectivity index (χ2v) is 11.0. The molecule has 0 bridgehead atoms. The van der Waals surface area contributed by atoms with Crippen LogP contribution in [0.4, 0.5) is 10.1 Å². The van der Waals surface area contributed by atoms with Crippen molar-refractivity contribution in [3.05, 3.63) is 72.2 Å². The Bertz CT molecular complexity index is 1710. The first-order chi connectivity index (χ1) is 22.9. The summed E-state index contributed by atoms with van der Waals surface area (Å²) in [5, 5.41) is 8.95. The van der Waals surface area contributed by atoms with Gasteiger partial charge in [0.15, 0.2) is 34.6 Å². The number of rotatable bonds is 13. The number of nitrogens with zero attached hydrogens (tertiary/aromatic N) is 1. The van der Waals surface area contributed by atoms with E-state index in [0.29, 0.717) is 65.2 Å². The third kappa shape index (κ3) is 8.59. The van der Waals surface area contributed by atoms with Gasteiger partial charge in [0.25, 0.3) is 0 Å². The highest BCUT2D eigenvalue weighted by Crippen LogP contribution is 2.38. The standard InChI is InChI=1S/C35H39FN4O7/c1-4-45-30-7-5-22(17-31(30)43-2)11-15-39-34(41)35(42)40-24-6-8-29(26(36)18-24)47-28-12-16-38-27-20-33(32(44-3)19-25(27)28)46-21-23-9-13-37-14-10-23/h5-8,12,16-20,23,37H,4,9-11,13-15,21H2,1-3H3,(H,39,41)(H,40,42). The number of anilines is 1. The molecule has 3 N–H and O–H groups in total. The lowest BCUT2D eigenvalue weighted by Gasteiger charge is -2.23. The maximum Gasteiger partial charge on any atom is 0.313 e. The van der Waals surface area contributed by atoms with E-state index in [1.807, 2.05) is 19.1 Å². The molecule has 11 nitrogen and oxygen atoms in total. The number of fused-ring (bicyclic) bond motifs is 1. The Morgan fingerprint density at radius 2 is 1.64 bits per heavy atom. The SMILES string of the molecule is CCOc1ccc(CCNC(=O)C(=O)Nc2ccc(Oc3ccnc4cc(OCC5CCNCC5)c(OC)cc34)c(F)c2)cc1OC. The number of carbonyl (C=O) groups excluding carboxylic acids is 2. The minimum Gasteiger partial charge on any atom is -0.493 e. The van der Waals surface area contributed by atoms with Crippen LogP contribution < -0.4 is 39.6 Å². The Labute approximate surface area is 272 Å². The normalized spacial score (nSPS) is 13.1. The van der Waals surface area contributed by atoms with Gasteiger partial charge in [-0.15, -0.1) is 0 Å². The van der Waals surface area contributed by atoms with Gasteiger partial charge in [-0.1, -0.05) is 6.07 Å². The van der Waals surface area contributed by atoms with Gasteiger partial charge in [-0.2, -0.15) is 0 Å². The molecule has 1 fully saturated rings. The molecule has 3 aromatic carbocycles. The number of amides is 2. The average molecular weight is 647 g/mol. The number of aromatic nitrogens is 1. The fourth-order valence-corrected chi connectivity index (χ4v) is 5.26. The molecule has 248 valence electrons. The molecule has 4 aromatic rings. The van der Waals surface area contributed by atoms with Gasteiger partial charge in [-0.05, 0) is 87.2 Å². The van der Waals surface area contributed by atoms with Crippen molar-refractivity contribution in [2.24, 2.45) is 5.92 Å². The summed E-state index contributed by atoms with van der Waals surface area (Å²) in [6, 6.07) is 14.6. The second-order valence-electron chi connectivity index (χ2n) is 11.0. The molecule has 0 unspecified atom stereocenters. The summed E-state index contributed by atoms with van der Waals surface area (Å²) in [6.07, 6.45) is 4.13. The summed E-state index contributed by atoms with van der Waals surface area (Å²) in [5.41, 5.74) is 1.59. The van der Waals surface area contributed by atoms with Crippen molar-refractivity contribution in [3.8, 4) is 34.5 Å². The summed E-state index contributed by atoms with van der Waals surface area (Å²) >= 11 is 0. The number of nitrogens with one attached hydrogen (secondary N) is 3. The Kier molecular flexibility index (Phi) is 11.3. The van der Waals surface area contributed by atoms with Crippen LogP contribution in [0.25, 0.3) is 10.9 Å². The maximum absolute atomic E-state index is 15.1. The van der Waals surface area contributed by atoms with Gasteiger partial charge in [0, 0.05) is 35.9 Å². The molecule has 1 aliphatic heterocycles. The Morgan fingerprint density at radius 1 is 0.872 bits per heavy atom. The molecular weight excluding hydrogens is 607 g/mol. The van der Waals surface area contributed by atoms with Gasteiger partial charge in [0.1, 0.15) is 5.75 Å². The van der Waals surface area contributed by atoms with E-state index in [4.69, 9.17) is 23.7 Å². The smallest absolute Gasteiger partial charge is 0.313 e. The number of benzene rings is 3. The van der Waals surface area contributed by atoms with Crippen molar-refractivity contribution in [1.82, 2.24) is 15.6 Å². The van der Waals surface area contributed by atoms with Gasteiger partial charge in [0.2, 0.25) is 0 Å². The predicted molar refractivity (Wildman–Crippen MR) is 175 cm³/mol. The minimum absolute atomic E-state index is 0.0732. The van der Waals surface area contributed by atoms with Crippen molar-refractivity contribution in [1.29, 1.82) is 0 Å². The topological polar surface area (TPSA) is 129 Å². The highest BCUT2D eigenvalue weighted by molar-refractivity contribution is 6.39. The fraction of sp³-hybridized carbons (Fsp3) is 0.343. The molecule has 5 rings (SSSR count). The van der Waals surface area contributed by atoms with E-state index in [0.717, 1.165) is 37.6 Å². The number of piperidine rings is 1. The predicted octanol–water partition coefficient (Wildman–Crippen LogP) is 5.26. The van der Waals surface area contributed by atoms with Crippen LogP contribution in [-0.4, -0.2) is 63.9 Å². The monoisotopic (exact) mass is 646 g/mol. The summed E-state index contributed by atoms with van der Waals surface area (Å²) < 4.78 is 43.6. The lowest BCUT2D eigenvalue weighted by Crippen LogP contribution is -2.36. The number of halogens is 1. The van der Waals surface area contributed by atoms with Crippen LogP contribution >= 0.6 is 0 Å². The molecule has 1 aromatic heterocycles. The molecule has 0 spiro atoms. The zero-order valence-electron chi connectivity index (χ0n) is 26.7. The molecule has 0 atom stereocenters. The summed E-state index contributed by atoms with van der Waals surface area (Å²) in [4.78, 5) is 29.3. The number of hydrogen-bond donors (Lipinski definition) is 3. The van der Waals surface area contributed by atoms with Crippen LogP contribution in [0.15, 0.2) is 60.8 Å². The Balaban J connectivity index is 1.18. The first-order valence-electron chi connectivity index (χ1n) is 15.5. The number of hydrogen-bond acceptors (Lipinski definition) is 9. The van der Waals surface area contributed by atoms with E-state index in [9.17, 15) is 9.59 Å². The zero-order valence-corrected chi connectivity index (χ0v) is 26.7. The molecule has 2 amide bonds. The average Bonchev–Trinajstić information content (AvgIpc) is 3.09.